The summed E-state index contributed by atoms with van der Waals surface area (Å²) in [6.07, 6.45) is 18.2. The highest BCUT2D eigenvalue weighted by Gasteiger charge is 2.10. The molecule has 1 heterocycles. The maximum atomic E-state index is 12.6. The van der Waals surface area contributed by atoms with Gasteiger partial charge in [0.2, 0.25) is 5.01 Å². The van der Waals surface area contributed by atoms with E-state index in [0.29, 0.717) is 5.56 Å². The van der Waals surface area contributed by atoms with Gasteiger partial charge in [0, 0.05) is 23.7 Å². The Balaban J connectivity index is 1.26. The molecule has 3 rings (SSSR count). The van der Waals surface area contributed by atoms with Crippen molar-refractivity contribution < 1.29 is 14.1 Å². The molecule has 200 valence electrons. The molecule has 3 aromatic rings. The lowest BCUT2D eigenvalue weighted by Crippen LogP contribution is -2.34. The van der Waals surface area contributed by atoms with Crippen LogP contribution >= 0.6 is 11.3 Å². The number of nitrogens with one attached hydrogen (secondary N) is 1. The van der Waals surface area contributed by atoms with Gasteiger partial charge in [-0.3, -0.25) is 4.79 Å². The van der Waals surface area contributed by atoms with Crippen molar-refractivity contribution in [3.63, 3.8) is 0 Å². The van der Waals surface area contributed by atoms with Gasteiger partial charge in [0.15, 0.2) is 12.7 Å². The Labute approximate surface area is 228 Å². The third-order valence-corrected chi connectivity index (χ3v) is 7.67. The SMILES string of the molecule is CCCCCCCCCCCCCCOc1ccc(C(=O)Nc2ccc(C[n+]3ccsc3C)cc2)cc1. The van der Waals surface area contributed by atoms with Crippen LogP contribution in [-0.2, 0) is 6.54 Å². The monoisotopic (exact) mass is 521 g/mol. The molecule has 1 amide bonds. The summed E-state index contributed by atoms with van der Waals surface area (Å²) in [6.45, 7) is 5.97. The van der Waals surface area contributed by atoms with Gasteiger partial charge in [-0.05, 0) is 42.8 Å². The molecule has 37 heavy (non-hydrogen) atoms. The van der Waals surface area contributed by atoms with Crippen molar-refractivity contribution in [2.45, 2.75) is 97.4 Å². The number of carbonyl (C=O) groups is 1. The zero-order chi connectivity index (χ0) is 26.1. The molecule has 0 aliphatic rings. The van der Waals surface area contributed by atoms with Gasteiger partial charge in [-0.1, -0.05) is 101 Å². The summed E-state index contributed by atoms with van der Waals surface area (Å²) in [5.41, 5.74) is 2.64. The number of hydrogen-bond donors (Lipinski definition) is 1. The van der Waals surface area contributed by atoms with Gasteiger partial charge >= 0.3 is 0 Å². The lowest BCUT2D eigenvalue weighted by molar-refractivity contribution is -0.689. The second kappa shape index (κ2) is 17.0. The van der Waals surface area contributed by atoms with Crippen molar-refractivity contribution in [3.05, 3.63) is 76.2 Å². The smallest absolute Gasteiger partial charge is 0.255 e. The Morgan fingerprint density at radius 2 is 1.41 bits per heavy atom. The number of ether oxygens (including phenoxy) is 1. The van der Waals surface area contributed by atoms with E-state index < -0.39 is 0 Å². The number of benzene rings is 2. The van der Waals surface area contributed by atoms with Gasteiger partial charge in [-0.15, -0.1) is 0 Å². The first kappa shape index (κ1) is 28.9. The summed E-state index contributed by atoms with van der Waals surface area (Å²) in [6, 6.07) is 15.5. The first-order chi connectivity index (χ1) is 18.2. The third kappa shape index (κ3) is 11.1. The summed E-state index contributed by atoms with van der Waals surface area (Å²) < 4.78 is 8.10. The van der Waals surface area contributed by atoms with Crippen LogP contribution in [0.3, 0.4) is 0 Å². The summed E-state index contributed by atoms with van der Waals surface area (Å²) in [7, 11) is 0. The van der Waals surface area contributed by atoms with E-state index in [1.54, 1.807) is 11.3 Å². The molecule has 0 radical (unpaired) electrons. The third-order valence-electron chi connectivity index (χ3n) is 6.83. The van der Waals surface area contributed by atoms with E-state index in [-0.39, 0.29) is 5.91 Å². The van der Waals surface area contributed by atoms with Crippen molar-refractivity contribution in [3.8, 4) is 5.75 Å². The molecule has 0 saturated heterocycles. The first-order valence-electron chi connectivity index (χ1n) is 14.2. The molecule has 0 unspecified atom stereocenters. The normalized spacial score (nSPS) is 11.0. The molecule has 0 atom stereocenters. The lowest BCUT2D eigenvalue weighted by Gasteiger charge is -2.09. The summed E-state index contributed by atoms with van der Waals surface area (Å²) >= 11 is 1.74. The number of hydrogen-bond acceptors (Lipinski definition) is 3. The van der Waals surface area contributed by atoms with Gasteiger partial charge in [0.1, 0.15) is 5.75 Å². The Bertz CT molecular complexity index is 1030. The van der Waals surface area contributed by atoms with Crippen LogP contribution < -0.4 is 14.6 Å². The van der Waals surface area contributed by atoms with Crippen LogP contribution in [0, 0.1) is 6.92 Å². The molecule has 0 fully saturated rings. The maximum Gasteiger partial charge on any atom is 0.255 e. The van der Waals surface area contributed by atoms with Gasteiger partial charge in [0.05, 0.1) is 12.0 Å². The minimum Gasteiger partial charge on any atom is -0.494 e. The lowest BCUT2D eigenvalue weighted by atomic mass is 10.1. The van der Waals surface area contributed by atoms with E-state index in [1.807, 2.05) is 36.4 Å². The summed E-state index contributed by atoms with van der Waals surface area (Å²) in [4.78, 5) is 12.6. The van der Waals surface area contributed by atoms with Gasteiger partial charge in [0.25, 0.3) is 5.91 Å². The minimum absolute atomic E-state index is 0.108. The number of amides is 1. The molecule has 5 heteroatoms. The van der Waals surface area contributed by atoms with Crippen molar-refractivity contribution in [1.29, 1.82) is 0 Å². The molecule has 4 nitrogen and oxygen atoms in total. The van der Waals surface area contributed by atoms with Crippen LogP contribution in [0.2, 0.25) is 0 Å². The Morgan fingerprint density at radius 3 is 1.97 bits per heavy atom. The van der Waals surface area contributed by atoms with Crippen LogP contribution in [0.15, 0.2) is 60.1 Å². The number of aromatic nitrogens is 1. The molecule has 0 bridgehead atoms. The van der Waals surface area contributed by atoms with Gasteiger partial charge in [-0.2, -0.15) is 4.57 Å². The fraction of sp³-hybridized carbons (Fsp3) is 0.500. The Kier molecular flexibility index (Phi) is 13.3. The number of unbranched alkanes of at least 4 members (excludes halogenated alkanes) is 11. The van der Waals surface area contributed by atoms with Crippen LogP contribution in [0.5, 0.6) is 5.75 Å². The molecular formula is C32H45N2O2S+. The second-order valence-electron chi connectivity index (χ2n) is 9.96. The molecule has 1 N–H and O–H groups in total. The van der Waals surface area contributed by atoms with Crippen molar-refractivity contribution in [2.24, 2.45) is 0 Å². The standard InChI is InChI=1S/C32H44N2O2S/c1-3-4-5-6-7-8-9-10-11-12-13-14-24-36-31-21-17-29(18-22-31)32(35)33-30-19-15-28(16-20-30)26-34-23-25-37-27(34)2/h15-23,25H,3-14,24,26H2,1-2H3/p+1. The molecule has 0 saturated carbocycles. The number of aryl methyl sites for hydroxylation is 1. The highest BCUT2D eigenvalue weighted by Crippen LogP contribution is 2.17. The summed E-state index contributed by atoms with van der Waals surface area (Å²) in [5, 5.41) is 6.36. The Hall–Kier alpha value is -2.66. The fourth-order valence-electron chi connectivity index (χ4n) is 4.47. The van der Waals surface area contributed by atoms with Crippen LogP contribution in [0.1, 0.15) is 105 Å². The van der Waals surface area contributed by atoms with Gasteiger partial charge < -0.3 is 10.1 Å². The van der Waals surface area contributed by atoms with Crippen LogP contribution in [0.25, 0.3) is 0 Å². The van der Waals surface area contributed by atoms with E-state index >= 15 is 0 Å². The molecule has 0 aliphatic heterocycles. The largest absolute Gasteiger partial charge is 0.494 e. The van der Waals surface area contributed by atoms with E-state index in [0.717, 1.165) is 31.0 Å². The number of carbonyl (C=O) groups excluding carboxylic acids is 1. The quantitative estimate of drug-likeness (QED) is 0.134. The van der Waals surface area contributed by atoms with E-state index in [9.17, 15) is 4.79 Å². The zero-order valence-electron chi connectivity index (χ0n) is 22.8. The number of rotatable bonds is 18. The predicted molar refractivity (Wildman–Crippen MR) is 156 cm³/mol. The molecule has 0 spiro atoms. The Morgan fingerprint density at radius 1 is 0.811 bits per heavy atom. The number of thiazole rings is 1. The molecular weight excluding hydrogens is 476 g/mol. The second-order valence-corrected chi connectivity index (χ2v) is 11.1. The highest BCUT2D eigenvalue weighted by molar-refractivity contribution is 7.09. The fourth-order valence-corrected chi connectivity index (χ4v) is 5.13. The van der Waals surface area contributed by atoms with Crippen molar-refractivity contribution >= 4 is 22.9 Å². The van der Waals surface area contributed by atoms with Crippen LogP contribution in [0.4, 0.5) is 5.69 Å². The summed E-state index contributed by atoms with van der Waals surface area (Å²) in [5.74, 6) is 0.716. The minimum atomic E-state index is -0.108. The zero-order valence-corrected chi connectivity index (χ0v) is 23.7. The molecule has 1 aromatic heterocycles. The number of nitrogens with zero attached hydrogens (tertiary/aromatic N) is 1. The van der Waals surface area contributed by atoms with Crippen LogP contribution in [-0.4, -0.2) is 12.5 Å². The topological polar surface area (TPSA) is 42.2 Å². The molecule has 2 aromatic carbocycles. The van der Waals surface area contributed by atoms with Crippen molar-refractivity contribution in [1.82, 2.24) is 0 Å². The van der Waals surface area contributed by atoms with Crippen molar-refractivity contribution in [2.75, 3.05) is 11.9 Å². The average molecular weight is 522 g/mol. The van der Waals surface area contributed by atoms with Gasteiger partial charge in [-0.25, -0.2) is 0 Å². The van der Waals surface area contributed by atoms with E-state index in [1.165, 1.54) is 81.2 Å². The van der Waals surface area contributed by atoms with E-state index in [2.05, 4.69) is 47.4 Å². The number of anilines is 1. The highest BCUT2D eigenvalue weighted by atomic mass is 32.1. The van der Waals surface area contributed by atoms with E-state index in [4.69, 9.17) is 4.74 Å². The first-order valence-corrected chi connectivity index (χ1v) is 15.1. The predicted octanol–water partition coefficient (Wildman–Crippen LogP) is 8.72. The maximum absolute atomic E-state index is 12.6. The average Bonchev–Trinajstić information content (AvgIpc) is 3.32. The molecule has 0 aliphatic carbocycles.